The van der Waals surface area contributed by atoms with Crippen LogP contribution in [0.15, 0.2) is 24.3 Å². The van der Waals surface area contributed by atoms with E-state index >= 15 is 0 Å². The average Bonchev–Trinajstić information content (AvgIpc) is 2.36. The van der Waals surface area contributed by atoms with Crippen LogP contribution in [-0.2, 0) is 4.79 Å². The molecule has 1 fully saturated rings. The number of rotatable bonds is 4. The van der Waals surface area contributed by atoms with Gasteiger partial charge in [-0.3, -0.25) is 4.79 Å². The highest BCUT2D eigenvalue weighted by Gasteiger charge is 2.47. The molecule has 4 nitrogen and oxygen atoms in total. The summed E-state index contributed by atoms with van der Waals surface area (Å²) in [6.45, 7) is 3.82. The fourth-order valence-electron chi connectivity index (χ4n) is 2.09. The van der Waals surface area contributed by atoms with Gasteiger partial charge in [0.1, 0.15) is 5.75 Å². The molecular formula is C14H18ClNO3. The topological polar surface area (TPSA) is 58.6 Å². The summed E-state index contributed by atoms with van der Waals surface area (Å²) in [6.07, 6.45) is 0.238. The third kappa shape index (κ3) is 3.19. The lowest BCUT2D eigenvalue weighted by molar-refractivity contribution is -0.131. The van der Waals surface area contributed by atoms with Gasteiger partial charge in [-0.1, -0.05) is 31.5 Å². The highest BCUT2D eigenvalue weighted by atomic mass is 35.5. The van der Waals surface area contributed by atoms with Crippen LogP contribution < -0.4 is 10.1 Å². The maximum atomic E-state index is 11.7. The zero-order valence-corrected chi connectivity index (χ0v) is 11.8. The fourth-order valence-corrected chi connectivity index (χ4v) is 2.27. The van der Waals surface area contributed by atoms with E-state index < -0.39 is 0 Å². The minimum Gasteiger partial charge on any atom is -0.484 e. The predicted octanol–water partition coefficient (Wildman–Crippen LogP) is 1.99. The number of aliphatic hydroxyl groups is 1. The van der Waals surface area contributed by atoms with Gasteiger partial charge in [0, 0.05) is 16.5 Å². The van der Waals surface area contributed by atoms with Crippen molar-refractivity contribution in [3.05, 3.63) is 29.3 Å². The van der Waals surface area contributed by atoms with E-state index in [2.05, 4.69) is 5.32 Å². The van der Waals surface area contributed by atoms with E-state index in [9.17, 15) is 9.90 Å². The van der Waals surface area contributed by atoms with Crippen LogP contribution in [0, 0.1) is 5.41 Å². The maximum Gasteiger partial charge on any atom is 0.258 e. The first-order chi connectivity index (χ1) is 8.89. The van der Waals surface area contributed by atoms with Gasteiger partial charge in [0.05, 0.1) is 6.10 Å². The molecule has 0 aromatic heterocycles. The van der Waals surface area contributed by atoms with Crippen molar-refractivity contribution in [2.45, 2.75) is 32.4 Å². The molecule has 2 N–H and O–H groups in total. The van der Waals surface area contributed by atoms with Gasteiger partial charge in [0.2, 0.25) is 0 Å². The highest BCUT2D eigenvalue weighted by Crippen LogP contribution is 2.40. The van der Waals surface area contributed by atoms with Gasteiger partial charge < -0.3 is 15.2 Å². The van der Waals surface area contributed by atoms with Gasteiger partial charge in [-0.2, -0.15) is 0 Å². The Hall–Kier alpha value is -1.26. The van der Waals surface area contributed by atoms with E-state index in [0.29, 0.717) is 17.2 Å². The first kappa shape index (κ1) is 14.2. The Kier molecular flexibility index (Phi) is 4.02. The van der Waals surface area contributed by atoms with Crippen molar-refractivity contribution in [1.29, 1.82) is 0 Å². The molecule has 1 aliphatic carbocycles. The summed E-state index contributed by atoms with van der Waals surface area (Å²) in [7, 11) is 0. The minimum absolute atomic E-state index is 0.00189. The molecule has 2 atom stereocenters. The second kappa shape index (κ2) is 5.39. The molecule has 0 spiro atoms. The molecule has 0 aliphatic heterocycles. The molecule has 104 valence electrons. The molecule has 1 amide bonds. The lowest BCUT2D eigenvalue weighted by Gasteiger charge is -2.49. The first-order valence-electron chi connectivity index (χ1n) is 6.25. The second-order valence-corrected chi connectivity index (χ2v) is 5.88. The summed E-state index contributed by atoms with van der Waals surface area (Å²) in [5.41, 5.74) is -0.272. The summed E-state index contributed by atoms with van der Waals surface area (Å²) < 4.78 is 5.35. The summed E-state index contributed by atoms with van der Waals surface area (Å²) in [4.78, 5) is 11.7. The number of carbonyl (C=O) groups is 1. The van der Waals surface area contributed by atoms with Crippen LogP contribution in [-0.4, -0.2) is 29.8 Å². The molecule has 19 heavy (non-hydrogen) atoms. The molecule has 2 unspecified atom stereocenters. The van der Waals surface area contributed by atoms with Crippen molar-refractivity contribution in [3.63, 3.8) is 0 Å². The minimum atomic E-state index is -0.355. The number of halogens is 1. The molecule has 2 rings (SSSR count). The van der Waals surface area contributed by atoms with Crippen molar-refractivity contribution < 1.29 is 14.6 Å². The van der Waals surface area contributed by atoms with Crippen LogP contribution in [0.1, 0.15) is 20.3 Å². The third-order valence-corrected chi connectivity index (χ3v) is 3.95. The smallest absolute Gasteiger partial charge is 0.258 e. The number of carbonyl (C=O) groups excluding carboxylic acids is 1. The lowest BCUT2D eigenvalue weighted by Crippen LogP contribution is -2.61. The van der Waals surface area contributed by atoms with E-state index in [4.69, 9.17) is 16.3 Å². The van der Waals surface area contributed by atoms with E-state index in [0.717, 1.165) is 0 Å². The largest absolute Gasteiger partial charge is 0.484 e. The number of ether oxygens (including phenoxy) is 1. The third-order valence-electron chi connectivity index (χ3n) is 3.72. The lowest BCUT2D eigenvalue weighted by atomic mass is 9.64. The summed E-state index contributed by atoms with van der Waals surface area (Å²) in [5.74, 6) is 0.375. The zero-order valence-electron chi connectivity index (χ0n) is 11.0. The average molecular weight is 284 g/mol. The van der Waals surface area contributed by atoms with Crippen LogP contribution in [0.2, 0.25) is 5.02 Å². The molecule has 1 aromatic carbocycles. The van der Waals surface area contributed by atoms with Crippen molar-refractivity contribution in [2.75, 3.05) is 6.61 Å². The van der Waals surface area contributed by atoms with Gasteiger partial charge in [-0.15, -0.1) is 0 Å². The van der Waals surface area contributed by atoms with Gasteiger partial charge in [0.25, 0.3) is 5.91 Å². The standard InChI is InChI=1S/C14H18ClNO3/c1-14(2)11(7-12(14)17)16-13(18)8-19-10-5-3-4-9(15)6-10/h3-6,11-12,17H,7-8H2,1-2H3,(H,16,18). The van der Waals surface area contributed by atoms with E-state index in [1.54, 1.807) is 24.3 Å². The summed E-state index contributed by atoms with van der Waals surface area (Å²) in [6, 6.07) is 6.91. The molecule has 0 bridgehead atoms. The number of nitrogens with one attached hydrogen (secondary N) is 1. The van der Waals surface area contributed by atoms with Gasteiger partial charge in [0.15, 0.2) is 6.61 Å². The van der Waals surface area contributed by atoms with Gasteiger partial charge >= 0.3 is 0 Å². The quantitative estimate of drug-likeness (QED) is 0.888. The molecule has 1 saturated carbocycles. The van der Waals surface area contributed by atoms with Crippen molar-refractivity contribution in [2.24, 2.45) is 5.41 Å². The van der Waals surface area contributed by atoms with Gasteiger partial charge in [-0.05, 0) is 24.6 Å². The summed E-state index contributed by atoms with van der Waals surface area (Å²) >= 11 is 5.82. The number of hydrogen-bond donors (Lipinski definition) is 2. The Morgan fingerprint density at radius 1 is 1.58 bits per heavy atom. The van der Waals surface area contributed by atoms with E-state index in [1.807, 2.05) is 13.8 Å². The van der Waals surface area contributed by atoms with Crippen LogP contribution in [0.4, 0.5) is 0 Å². The monoisotopic (exact) mass is 283 g/mol. The van der Waals surface area contributed by atoms with Gasteiger partial charge in [-0.25, -0.2) is 0 Å². The predicted molar refractivity (Wildman–Crippen MR) is 73.3 cm³/mol. The van der Waals surface area contributed by atoms with Crippen molar-refractivity contribution in [3.8, 4) is 5.75 Å². The molecule has 1 aliphatic rings. The normalized spacial score (nSPS) is 24.4. The Labute approximate surface area is 117 Å². The number of hydrogen-bond acceptors (Lipinski definition) is 3. The Balaban J connectivity index is 1.80. The Morgan fingerprint density at radius 2 is 2.32 bits per heavy atom. The Bertz CT molecular complexity index is 476. The molecular weight excluding hydrogens is 266 g/mol. The van der Waals surface area contributed by atoms with E-state index in [-0.39, 0.29) is 30.1 Å². The number of aliphatic hydroxyl groups excluding tert-OH is 1. The maximum absolute atomic E-state index is 11.7. The molecule has 1 aromatic rings. The van der Waals surface area contributed by atoms with E-state index in [1.165, 1.54) is 0 Å². The van der Waals surface area contributed by atoms with Crippen LogP contribution in [0.5, 0.6) is 5.75 Å². The molecule has 0 heterocycles. The number of benzene rings is 1. The van der Waals surface area contributed by atoms with Crippen LogP contribution >= 0.6 is 11.6 Å². The van der Waals surface area contributed by atoms with Crippen LogP contribution in [0.3, 0.4) is 0 Å². The Morgan fingerprint density at radius 3 is 2.89 bits per heavy atom. The highest BCUT2D eigenvalue weighted by molar-refractivity contribution is 6.30. The van der Waals surface area contributed by atoms with Crippen molar-refractivity contribution in [1.82, 2.24) is 5.32 Å². The van der Waals surface area contributed by atoms with Crippen LogP contribution in [0.25, 0.3) is 0 Å². The second-order valence-electron chi connectivity index (χ2n) is 5.44. The van der Waals surface area contributed by atoms with Crippen molar-refractivity contribution >= 4 is 17.5 Å². The SMILES string of the molecule is CC1(C)C(O)CC1NC(=O)COc1cccc(Cl)c1. The molecule has 0 radical (unpaired) electrons. The molecule has 5 heteroatoms. The zero-order chi connectivity index (χ0) is 14.0. The fraction of sp³-hybridized carbons (Fsp3) is 0.500. The molecule has 0 saturated heterocycles. The number of amides is 1. The first-order valence-corrected chi connectivity index (χ1v) is 6.63. The summed E-state index contributed by atoms with van der Waals surface area (Å²) in [5, 5.41) is 13.0.